The Bertz CT molecular complexity index is 125. The van der Waals surface area contributed by atoms with Gasteiger partial charge in [-0.2, -0.15) is 0 Å². The van der Waals surface area contributed by atoms with Crippen molar-refractivity contribution in [3.63, 3.8) is 0 Å². The highest BCUT2D eigenvalue weighted by molar-refractivity contribution is 4.88. The molecule has 0 rings (SSSR count). The Morgan fingerprint density at radius 2 is 1.58 bits per heavy atom. The summed E-state index contributed by atoms with van der Waals surface area (Å²) in [5.74, 6) is 1.18. The molecule has 0 aliphatic rings. The molecular formula is C11H22O. The average molecular weight is 170 g/mol. The van der Waals surface area contributed by atoms with E-state index in [0.717, 1.165) is 6.61 Å². The SMILES string of the molecule is CC(C)C=CC(C)COC(C)C. The normalized spacial score (nSPS) is 14.9. The van der Waals surface area contributed by atoms with Crippen LogP contribution >= 0.6 is 0 Å². The molecule has 0 fully saturated rings. The van der Waals surface area contributed by atoms with Crippen molar-refractivity contribution in [1.29, 1.82) is 0 Å². The number of allylic oxidation sites excluding steroid dienone is 1. The van der Waals surface area contributed by atoms with Gasteiger partial charge in [-0.25, -0.2) is 0 Å². The molecule has 0 aliphatic carbocycles. The van der Waals surface area contributed by atoms with E-state index in [1.54, 1.807) is 0 Å². The molecule has 72 valence electrons. The zero-order valence-corrected chi connectivity index (χ0v) is 9.00. The van der Waals surface area contributed by atoms with E-state index in [9.17, 15) is 0 Å². The molecule has 0 radical (unpaired) electrons. The molecule has 0 aromatic heterocycles. The molecule has 1 atom stereocenters. The van der Waals surface area contributed by atoms with Crippen molar-refractivity contribution >= 4 is 0 Å². The molecule has 0 saturated carbocycles. The molecule has 1 nitrogen and oxygen atoms in total. The minimum atomic E-state index is 0.347. The predicted octanol–water partition coefficient (Wildman–Crippen LogP) is 3.26. The van der Waals surface area contributed by atoms with E-state index in [1.165, 1.54) is 0 Å². The van der Waals surface area contributed by atoms with Gasteiger partial charge in [-0.1, -0.05) is 32.9 Å². The summed E-state index contributed by atoms with van der Waals surface area (Å²) in [6.07, 6.45) is 4.81. The zero-order chi connectivity index (χ0) is 9.56. The van der Waals surface area contributed by atoms with Crippen molar-refractivity contribution in [2.45, 2.75) is 40.7 Å². The Balaban J connectivity index is 3.52. The Kier molecular flexibility index (Phi) is 6.09. The highest BCUT2D eigenvalue weighted by Gasteiger charge is 1.99. The van der Waals surface area contributed by atoms with Crippen LogP contribution in [0, 0.1) is 11.8 Å². The largest absolute Gasteiger partial charge is 0.378 e. The topological polar surface area (TPSA) is 9.23 Å². The maximum absolute atomic E-state index is 5.48. The first-order chi connectivity index (χ1) is 5.52. The van der Waals surface area contributed by atoms with Gasteiger partial charge in [-0.3, -0.25) is 0 Å². The highest BCUT2D eigenvalue weighted by atomic mass is 16.5. The molecule has 12 heavy (non-hydrogen) atoms. The van der Waals surface area contributed by atoms with Crippen molar-refractivity contribution in [1.82, 2.24) is 0 Å². The lowest BCUT2D eigenvalue weighted by molar-refractivity contribution is 0.0647. The standard InChI is InChI=1S/C11H22O/c1-9(2)6-7-11(5)8-12-10(3)4/h6-7,9-11H,8H2,1-5H3. The summed E-state index contributed by atoms with van der Waals surface area (Å²) in [5, 5.41) is 0. The van der Waals surface area contributed by atoms with Crippen LogP contribution in [0.25, 0.3) is 0 Å². The maximum Gasteiger partial charge on any atom is 0.0529 e. The lowest BCUT2D eigenvalue weighted by Gasteiger charge is -2.10. The van der Waals surface area contributed by atoms with Crippen LogP contribution in [0.5, 0.6) is 0 Å². The molecule has 1 heteroatoms. The molecule has 0 bridgehead atoms. The van der Waals surface area contributed by atoms with Crippen LogP contribution in [0.2, 0.25) is 0 Å². The molecule has 0 spiro atoms. The van der Waals surface area contributed by atoms with Gasteiger partial charge < -0.3 is 4.74 Å². The van der Waals surface area contributed by atoms with Crippen LogP contribution in [-0.2, 0) is 4.74 Å². The van der Waals surface area contributed by atoms with E-state index >= 15 is 0 Å². The van der Waals surface area contributed by atoms with Crippen LogP contribution in [0.1, 0.15) is 34.6 Å². The van der Waals surface area contributed by atoms with Gasteiger partial charge in [0, 0.05) is 0 Å². The number of hydrogen-bond donors (Lipinski definition) is 0. The van der Waals surface area contributed by atoms with E-state index in [2.05, 4.69) is 46.8 Å². The first kappa shape index (κ1) is 11.7. The second-order valence-corrected chi connectivity index (χ2v) is 3.99. The molecule has 0 aromatic carbocycles. The number of rotatable bonds is 5. The highest BCUT2D eigenvalue weighted by Crippen LogP contribution is 2.03. The van der Waals surface area contributed by atoms with Crippen molar-refractivity contribution in [2.24, 2.45) is 11.8 Å². The smallest absolute Gasteiger partial charge is 0.0529 e. The van der Waals surface area contributed by atoms with Crippen LogP contribution in [0.3, 0.4) is 0 Å². The van der Waals surface area contributed by atoms with Gasteiger partial charge in [-0.15, -0.1) is 0 Å². The van der Waals surface area contributed by atoms with E-state index < -0.39 is 0 Å². The molecule has 0 heterocycles. The first-order valence-corrected chi connectivity index (χ1v) is 4.82. The minimum absolute atomic E-state index is 0.347. The summed E-state index contributed by atoms with van der Waals surface area (Å²) in [6.45, 7) is 11.5. The van der Waals surface area contributed by atoms with Crippen molar-refractivity contribution < 1.29 is 4.74 Å². The molecule has 0 aliphatic heterocycles. The number of hydrogen-bond acceptors (Lipinski definition) is 1. The predicted molar refractivity (Wildman–Crippen MR) is 54.2 cm³/mol. The van der Waals surface area contributed by atoms with E-state index in [-0.39, 0.29) is 0 Å². The molecule has 0 aromatic rings. The number of ether oxygens (including phenoxy) is 1. The lowest BCUT2D eigenvalue weighted by atomic mass is 10.1. The van der Waals surface area contributed by atoms with Gasteiger partial charge in [-0.05, 0) is 25.7 Å². The summed E-state index contributed by atoms with van der Waals surface area (Å²) in [7, 11) is 0. The van der Waals surface area contributed by atoms with Crippen LogP contribution in [0.4, 0.5) is 0 Å². The van der Waals surface area contributed by atoms with Crippen LogP contribution in [-0.4, -0.2) is 12.7 Å². The van der Waals surface area contributed by atoms with Gasteiger partial charge in [0.25, 0.3) is 0 Å². The molecule has 1 unspecified atom stereocenters. The third-order valence-corrected chi connectivity index (χ3v) is 1.52. The molecule has 0 amide bonds. The van der Waals surface area contributed by atoms with Gasteiger partial charge >= 0.3 is 0 Å². The second-order valence-electron chi connectivity index (χ2n) is 3.99. The third-order valence-electron chi connectivity index (χ3n) is 1.52. The summed E-state index contributed by atoms with van der Waals surface area (Å²) in [4.78, 5) is 0. The summed E-state index contributed by atoms with van der Waals surface area (Å²) in [5.41, 5.74) is 0. The fourth-order valence-electron chi connectivity index (χ4n) is 0.812. The zero-order valence-electron chi connectivity index (χ0n) is 9.00. The first-order valence-electron chi connectivity index (χ1n) is 4.82. The van der Waals surface area contributed by atoms with E-state index in [1.807, 2.05) is 0 Å². The quantitative estimate of drug-likeness (QED) is 0.575. The van der Waals surface area contributed by atoms with E-state index in [4.69, 9.17) is 4.74 Å². The van der Waals surface area contributed by atoms with Gasteiger partial charge in [0.15, 0.2) is 0 Å². The Morgan fingerprint density at radius 3 is 2.00 bits per heavy atom. The van der Waals surface area contributed by atoms with Crippen molar-refractivity contribution in [3.05, 3.63) is 12.2 Å². The molecular weight excluding hydrogens is 148 g/mol. The van der Waals surface area contributed by atoms with Crippen LogP contribution in [0.15, 0.2) is 12.2 Å². The maximum atomic E-state index is 5.48. The third kappa shape index (κ3) is 7.80. The Hall–Kier alpha value is -0.300. The van der Waals surface area contributed by atoms with Crippen molar-refractivity contribution in [3.8, 4) is 0 Å². The fraction of sp³-hybridized carbons (Fsp3) is 0.818. The van der Waals surface area contributed by atoms with Gasteiger partial charge in [0.1, 0.15) is 0 Å². The second kappa shape index (κ2) is 6.24. The fourth-order valence-corrected chi connectivity index (χ4v) is 0.812. The lowest BCUT2D eigenvalue weighted by Crippen LogP contribution is -2.09. The molecule has 0 saturated heterocycles. The molecule has 0 N–H and O–H groups in total. The Morgan fingerprint density at radius 1 is 1.00 bits per heavy atom. The summed E-state index contributed by atoms with van der Waals surface area (Å²) in [6, 6.07) is 0. The summed E-state index contributed by atoms with van der Waals surface area (Å²) < 4.78 is 5.48. The van der Waals surface area contributed by atoms with Crippen LogP contribution < -0.4 is 0 Å². The minimum Gasteiger partial charge on any atom is -0.378 e. The summed E-state index contributed by atoms with van der Waals surface area (Å²) >= 11 is 0. The van der Waals surface area contributed by atoms with Gasteiger partial charge in [0.05, 0.1) is 12.7 Å². The van der Waals surface area contributed by atoms with Crippen molar-refractivity contribution in [2.75, 3.05) is 6.61 Å². The van der Waals surface area contributed by atoms with Gasteiger partial charge in [0.2, 0.25) is 0 Å². The monoisotopic (exact) mass is 170 g/mol. The van der Waals surface area contributed by atoms with E-state index in [0.29, 0.717) is 17.9 Å². The average Bonchev–Trinajstić information content (AvgIpc) is 1.96. The Labute approximate surface area is 76.8 Å².